The second kappa shape index (κ2) is 5.40. The zero-order valence-corrected chi connectivity index (χ0v) is 11.1. The quantitative estimate of drug-likeness (QED) is 0.771. The Bertz CT molecular complexity index is 568. The summed E-state index contributed by atoms with van der Waals surface area (Å²) in [6, 6.07) is 8.49. The molecule has 0 atom stereocenters. The SMILES string of the molecule is C/C1=C(\S(=O)(=O)c2ccccc2)CC/C=C\CO1. The summed E-state index contributed by atoms with van der Waals surface area (Å²) in [4.78, 5) is 0.713. The summed E-state index contributed by atoms with van der Waals surface area (Å²) in [7, 11) is -3.43. The van der Waals surface area contributed by atoms with Crippen molar-refractivity contribution in [3.05, 3.63) is 53.1 Å². The van der Waals surface area contributed by atoms with Crippen LogP contribution in [0.1, 0.15) is 19.8 Å². The number of sulfone groups is 1. The maximum absolute atomic E-state index is 12.5. The van der Waals surface area contributed by atoms with Crippen LogP contribution in [0.15, 0.2) is 58.0 Å². The molecule has 0 bridgehead atoms. The van der Waals surface area contributed by atoms with Crippen LogP contribution in [0.25, 0.3) is 0 Å². The monoisotopic (exact) mass is 264 g/mol. The third-order valence-corrected chi connectivity index (χ3v) is 4.90. The van der Waals surface area contributed by atoms with Crippen molar-refractivity contribution >= 4 is 9.84 Å². The maximum atomic E-state index is 12.5. The van der Waals surface area contributed by atoms with Gasteiger partial charge in [-0.15, -0.1) is 0 Å². The smallest absolute Gasteiger partial charge is 0.206 e. The van der Waals surface area contributed by atoms with E-state index in [1.54, 1.807) is 37.3 Å². The number of allylic oxidation sites excluding steroid dienone is 3. The van der Waals surface area contributed by atoms with Gasteiger partial charge in [0.2, 0.25) is 9.84 Å². The Morgan fingerprint density at radius 2 is 1.83 bits per heavy atom. The molecule has 1 aliphatic rings. The Morgan fingerprint density at radius 3 is 2.56 bits per heavy atom. The van der Waals surface area contributed by atoms with Gasteiger partial charge < -0.3 is 4.74 Å². The highest BCUT2D eigenvalue weighted by Gasteiger charge is 2.23. The molecule has 0 amide bonds. The third kappa shape index (κ3) is 2.64. The first-order chi connectivity index (χ1) is 8.62. The van der Waals surface area contributed by atoms with Crippen LogP contribution in [0.4, 0.5) is 0 Å². The average Bonchev–Trinajstić information content (AvgIpc) is 2.35. The Hall–Kier alpha value is -1.55. The molecule has 0 aromatic heterocycles. The molecule has 3 nitrogen and oxygen atoms in total. The highest BCUT2D eigenvalue weighted by Crippen LogP contribution is 2.27. The number of rotatable bonds is 2. The molecule has 1 heterocycles. The molecule has 0 aliphatic carbocycles. The summed E-state index contributed by atoms with van der Waals surface area (Å²) >= 11 is 0. The van der Waals surface area contributed by atoms with Crippen LogP contribution in [0.5, 0.6) is 0 Å². The largest absolute Gasteiger partial charge is 0.493 e. The summed E-state index contributed by atoms with van der Waals surface area (Å²) in [5.41, 5.74) is 0. The van der Waals surface area contributed by atoms with E-state index in [4.69, 9.17) is 4.74 Å². The summed E-state index contributed by atoms with van der Waals surface area (Å²) in [6.45, 7) is 2.15. The third-order valence-electron chi connectivity index (χ3n) is 2.87. The fourth-order valence-corrected chi connectivity index (χ4v) is 3.52. The minimum atomic E-state index is -3.43. The van der Waals surface area contributed by atoms with Crippen LogP contribution < -0.4 is 0 Å². The second-order valence-corrected chi connectivity index (χ2v) is 6.09. The fraction of sp³-hybridized carbons (Fsp3) is 0.286. The van der Waals surface area contributed by atoms with E-state index < -0.39 is 9.84 Å². The minimum absolute atomic E-state index is 0.326. The molecule has 0 spiro atoms. The van der Waals surface area contributed by atoms with Gasteiger partial charge in [-0.25, -0.2) is 8.42 Å². The van der Waals surface area contributed by atoms with Crippen molar-refractivity contribution in [3.63, 3.8) is 0 Å². The number of benzene rings is 1. The van der Waals surface area contributed by atoms with E-state index in [2.05, 4.69) is 0 Å². The van der Waals surface area contributed by atoms with Crippen molar-refractivity contribution in [3.8, 4) is 0 Å². The zero-order chi connectivity index (χ0) is 13.0. The van der Waals surface area contributed by atoms with Gasteiger partial charge in [0.05, 0.1) is 9.80 Å². The van der Waals surface area contributed by atoms with Gasteiger partial charge in [-0.05, 0) is 31.9 Å². The molecule has 0 saturated heterocycles. The molecule has 18 heavy (non-hydrogen) atoms. The lowest BCUT2D eigenvalue weighted by Crippen LogP contribution is -2.09. The van der Waals surface area contributed by atoms with Gasteiger partial charge in [0.25, 0.3) is 0 Å². The molecule has 0 fully saturated rings. The van der Waals surface area contributed by atoms with Crippen LogP contribution in [-0.4, -0.2) is 15.0 Å². The van der Waals surface area contributed by atoms with Crippen LogP contribution in [-0.2, 0) is 14.6 Å². The zero-order valence-electron chi connectivity index (χ0n) is 10.3. The van der Waals surface area contributed by atoms with Gasteiger partial charge in [-0.3, -0.25) is 0 Å². The number of ether oxygens (including phenoxy) is 1. The first kappa shape index (κ1) is 12.9. The van der Waals surface area contributed by atoms with Crippen LogP contribution in [0.3, 0.4) is 0 Å². The van der Waals surface area contributed by atoms with E-state index in [-0.39, 0.29) is 0 Å². The Labute approximate surface area is 108 Å². The molecule has 0 radical (unpaired) electrons. The normalized spacial score (nSPS) is 22.7. The predicted molar refractivity (Wildman–Crippen MR) is 70.7 cm³/mol. The predicted octanol–water partition coefficient (Wildman–Crippen LogP) is 3.06. The molecule has 0 N–H and O–H groups in total. The molecule has 1 aromatic rings. The molecule has 2 rings (SSSR count). The molecule has 1 aliphatic heterocycles. The lowest BCUT2D eigenvalue weighted by molar-refractivity contribution is 0.245. The number of hydrogen-bond acceptors (Lipinski definition) is 3. The van der Waals surface area contributed by atoms with Crippen molar-refractivity contribution in [1.29, 1.82) is 0 Å². The van der Waals surface area contributed by atoms with E-state index in [1.165, 1.54) is 0 Å². The van der Waals surface area contributed by atoms with E-state index in [0.717, 1.165) is 6.42 Å². The summed E-state index contributed by atoms with van der Waals surface area (Å²) < 4.78 is 30.4. The first-order valence-corrected chi connectivity index (χ1v) is 7.38. The lowest BCUT2D eigenvalue weighted by atomic mass is 10.2. The fourth-order valence-electron chi connectivity index (χ4n) is 1.90. The van der Waals surface area contributed by atoms with Gasteiger partial charge in [0.15, 0.2) is 0 Å². The Morgan fingerprint density at radius 1 is 1.11 bits per heavy atom. The first-order valence-electron chi connectivity index (χ1n) is 5.90. The highest BCUT2D eigenvalue weighted by atomic mass is 32.2. The van der Waals surface area contributed by atoms with Crippen molar-refractivity contribution in [1.82, 2.24) is 0 Å². The Balaban J connectivity index is 2.43. The molecule has 1 aromatic carbocycles. The van der Waals surface area contributed by atoms with Gasteiger partial charge in [-0.1, -0.05) is 30.4 Å². The van der Waals surface area contributed by atoms with Crippen LogP contribution in [0, 0.1) is 0 Å². The minimum Gasteiger partial charge on any atom is -0.493 e. The van der Waals surface area contributed by atoms with E-state index in [9.17, 15) is 8.42 Å². The summed E-state index contributed by atoms with van der Waals surface area (Å²) in [6.07, 6.45) is 5.07. The highest BCUT2D eigenvalue weighted by molar-refractivity contribution is 7.95. The lowest BCUT2D eigenvalue weighted by Gasteiger charge is -2.15. The molecule has 96 valence electrons. The summed E-state index contributed by atoms with van der Waals surface area (Å²) in [5.74, 6) is 0.503. The maximum Gasteiger partial charge on any atom is 0.206 e. The van der Waals surface area contributed by atoms with Crippen molar-refractivity contribution in [2.24, 2.45) is 0 Å². The topological polar surface area (TPSA) is 43.4 Å². The van der Waals surface area contributed by atoms with Gasteiger partial charge in [0, 0.05) is 0 Å². The molecular formula is C14H16O3S. The molecule has 0 unspecified atom stereocenters. The Kier molecular flexibility index (Phi) is 3.87. The standard InChI is InChI=1S/C14H16O3S/c1-12-14(10-6-3-7-11-17-12)18(15,16)13-8-4-2-5-9-13/h2-5,7-9H,6,10-11H2,1H3/b7-3-,14-12+. The number of hydrogen-bond donors (Lipinski definition) is 0. The van der Waals surface area contributed by atoms with Gasteiger partial charge >= 0.3 is 0 Å². The molecule has 4 heteroatoms. The van der Waals surface area contributed by atoms with E-state index >= 15 is 0 Å². The van der Waals surface area contributed by atoms with E-state index in [0.29, 0.717) is 28.6 Å². The molecule has 0 saturated carbocycles. The second-order valence-electron chi connectivity index (χ2n) is 4.12. The van der Waals surface area contributed by atoms with Crippen LogP contribution in [0.2, 0.25) is 0 Å². The van der Waals surface area contributed by atoms with Crippen LogP contribution >= 0.6 is 0 Å². The molecular weight excluding hydrogens is 248 g/mol. The average molecular weight is 264 g/mol. The van der Waals surface area contributed by atoms with E-state index in [1.807, 2.05) is 12.2 Å². The van der Waals surface area contributed by atoms with Crippen molar-refractivity contribution < 1.29 is 13.2 Å². The van der Waals surface area contributed by atoms with Crippen molar-refractivity contribution in [2.45, 2.75) is 24.7 Å². The summed E-state index contributed by atoms with van der Waals surface area (Å²) in [5, 5.41) is 0. The van der Waals surface area contributed by atoms with Crippen molar-refractivity contribution in [2.75, 3.05) is 6.61 Å². The van der Waals surface area contributed by atoms with Gasteiger partial charge in [0.1, 0.15) is 12.4 Å². The van der Waals surface area contributed by atoms with Gasteiger partial charge in [-0.2, -0.15) is 0 Å².